The van der Waals surface area contributed by atoms with Gasteiger partial charge in [-0.25, -0.2) is 4.98 Å². The van der Waals surface area contributed by atoms with Gasteiger partial charge in [0.15, 0.2) is 0 Å². The summed E-state index contributed by atoms with van der Waals surface area (Å²) in [6.07, 6.45) is 3.12. The van der Waals surface area contributed by atoms with E-state index in [1.165, 1.54) is 6.20 Å². The Labute approximate surface area is 118 Å². The van der Waals surface area contributed by atoms with E-state index in [9.17, 15) is 15.2 Å². The predicted octanol–water partition coefficient (Wildman–Crippen LogP) is 2.29. The van der Waals surface area contributed by atoms with E-state index in [2.05, 4.69) is 9.88 Å². The highest BCUT2D eigenvalue weighted by atomic mass is 16.6. The molecule has 0 aromatic carbocycles. The Balaban J connectivity index is 2.09. The van der Waals surface area contributed by atoms with Crippen molar-refractivity contribution < 1.29 is 10.0 Å². The first-order chi connectivity index (χ1) is 9.29. The molecule has 20 heavy (non-hydrogen) atoms. The van der Waals surface area contributed by atoms with Crippen molar-refractivity contribution in [1.82, 2.24) is 4.98 Å². The zero-order valence-corrected chi connectivity index (χ0v) is 12.2. The third-order valence-corrected chi connectivity index (χ3v) is 4.04. The summed E-state index contributed by atoms with van der Waals surface area (Å²) in [5.74, 6) is 1.10. The molecule has 1 saturated heterocycles. The van der Waals surface area contributed by atoms with E-state index >= 15 is 0 Å². The summed E-state index contributed by atoms with van der Waals surface area (Å²) in [6.45, 7) is 7.18. The summed E-state index contributed by atoms with van der Waals surface area (Å²) in [5.41, 5.74) is 0.197. The second-order valence-electron chi connectivity index (χ2n) is 6.01. The molecular formula is C14H21N3O3. The van der Waals surface area contributed by atoms with Gasteiger partial charge in [-0.1, -0.05) is 0 Å². The highest BCUT2D eigenvalue weighted by Crippen LogP contribution is 2.31. The standard InChI is InChI=1S/C14H21N3O3/c1-10-8-12(17(19)20)9-15-13(10)16-6-4-11(5-7-16)14(2,3)18/h8-9,11,18H,4-7H2,1-3H3. The third kappa shape index (κ3) is 3.07. The second-order valence-corrected chi connectivity index (χ2v) is 6.01. The number of rotatable bonds is 3. The second kappa shape index (κ2) is 5.36. The minimum Gasteiger partial charge on any atom is -0.390 e. The lowest BCUT2D eigenvalue weighted by molar-refractivity contribution is -0.385. The van der Waals surface area contributed by atoms with Crippen molar-refractivity contribution in [3.8, 4) is 0 Å². The Morgan fingerprint density at radius 3 is 2.50 bits per heavy atom. The zero-order valence-electron chi connectivity index (χ0n) is 12.2. The van der Waals surface area contributed by atoms with Crippen LogP contribution in [-0.2, 0) is 0 Å². The van der Waals surface area contributed by atoms with Gasteiger partial charge in [0.2, 0.25) is 0 Å². The van der Waals surface area contributed by atoms with Crippen molar-refractivity contribution in [2.45, 2.75) is 39.2 Å². The SMILES string of the molecule is Cc1cc([N+](=O)[O-])cnc1N1CCC(C(C)(C)O)CC1. The normalized spacial score (nSPS) is 17.3. The van der Waals surface area contributed by atoms with E-state index in [0.29, 0.717) is 0 Å². The fraction of sp³-hybridized carbons (Fsp3) is 0.643. The average Bonchev–Trinajstić information content (AvgIpc) is 2.37. The average molecular weight is 279 g/mol. The van der Waals surface area contributed by atoms with Crippen LogP contribution < -0.4 is 4.90 Å². The first kappa shape index (κ1) is 14.7. The maximum atomic E-state index is 10.7. The lowest BCUT2D eigenvalue weighted by atomic mass is 9.83. The van der Waals surface area contributed by atoms with E-state index in [1.54, 1.807) is 6.07 Å². The monoisotopic (exact) mass is 279 g/mol. The molecule has 2 heterocycles. The van der Waals surface area contributed by atoms with Crippen LogP contribution in [0, 0.1) is 23.0 Å². The van der Waals surface area contributed by atoms with Gasteiger partial charge >= 0.3 is 0 Å². The van der Waals surface area contributed by atoms with E-state index in [-0.39, 0.29) is 11.6 Å². The summed E-state index contributed by atoms with van der Waals surface area (Å²) in [4.78, 5) is 16.7. The van der Waals surface area contributed by atoms with Gasteiger partial charge in [-0.15, -0.1) is 0 Å². The molecule has 110 valence electrons. The fourth-order valence-corrected chi connectivity index (χ4v) is 2.78. The first-order valence-corrected chi connectivity index (χ1v) is 6.87. The molecule has 0 spiro atoms. The minimum absolute atomic E-state index is 0.0256. The maximum absolute atomic E-state index is 10.7. The van der Waals surface area contributed by atoms with Crippen LogP contribution in [0.3, 0.4) is 0 Å². The number of aryl methyl sites for hydroxylation is 1. The number of nitro groups is 1. The minimum atomic E-state index is -0.649. The number of anilines is 1. The molecule has 6 nitrogen and oxygen atoms in total. The Morgan fingerprint density at radius 1 is 1.45 bits per heavy atom. The Morgan fingerprint density at radius 2 is 2.05 bits per heavy atom. The summed E-state index contributed by atoms with van der Waals surface area (Å²) in [6, 6.07) is 1.56. The number of hydrogen-bond acceptors (Lipinski definition) is 5. The van der Waals surface area contributed by atoms with Gasteiger partial charge < -0.3 is 10.0 Å². The van der Waals surface area contributed by atoms with Crippen molar-refractivity contribution in [2.24, 2.45) is 5.92 Å². The Kier molecular flexibility index (Phi) is 3.94. The topological polar surface area (TPSA) is 79.5 Å². The van der Waals surface area contributed by atoms with Crippen LogP contribution in [0.4, 0.5) is 11.5 Å². The van der Waals surface area contributed by atoms with Gasteiger partial charge in [0, 0.05) is 19.2 Å². The molecule has 0 amide bonds. The molecule has 0 aliphatic carbocycles. The molecule has 1 fully saturated rings. The van der Waals surface area contributed by atoms with E-state index in [1.807, 2.05) is 20.8 Å². The molecule has 1 N–H and O–H groups in total. The quantitative estimate of drug-likeness (QED) is 0.678. The lowest BCUT2D eigenvalue weighted by Gasteiger charge is -2.38. The van der Waals surface area contributed by atoms with Crippen LogP contribution in [0.2, 0.25) is 0 Å². The molecular weight excluding hydrogens is 258 g/mol. The number of aliphatic hydroxyl groups is 1. The molecule has 0 atom stereocenters. The molecule has 1 aliphatic heterocycles. The summed E-state index contributed by atoms with van der Waals surface area (Å²) >= 11 is 0. The van der Waals surface area contributed by atoms with Crippen molar-refractivity contribution in [3.63, 3.8) is 0 Å². The third-order valence-electron chi connectivity index (χ3n) is 4.04. The van der Waals surface area contributed by atoms with Crippen LogP contribution in [0.1, 0.15) is 32.3 Å². The van der Waals surface area contributed by atoms with E-state index in [4.69, 9.17) is 0 Å². The molecule has 0 radical (unpaired) electrons. The number of nitrogens with zero attached hydrogens (tertiary/aromatic N) is 3. The van der Waals surface area contributed by atoms with Crippen LogP contribution in [-0.4, -0.2) is 33.7 Å². The highest BCUT2D eigenvalue weighted by molar-refractivity contribution is 5.50. The molecule has 0 saturated carbocycles. The summed E-state index contributed by atoms with van der Waals surface area (Å²) in [5, 5.41) is 20.8. The summed E-state index contributed by atoms with van der Waals surface area (Å²) < 4.78 is 0. The van der Waals surface area contributed by atoms with Crippen molar-refractivity contribution >= 4 is 11.5 Å². The summed E-state index contributed by atoms with van der Waals surface area (Å²) in [7, 11) is 0. The molecule has 0 bridgehead atoms. The maximum Gasteiger partial charge on any atom is 0.287 e. The van der Waals surface area contributed by atoms with Crippen molar-refractivity contribution in [1.29, 1.82) is 0 Å². The number of hydrogen-bond donors (Lipinski definition) is 1. The van der Waals surface area contributed by atoms with Crippen LogP contribution >= 0.6 is 0 Å². The van der Waals surface area contributed by atoms with Crippen molar-refractivity contribution in [2.75, 3.05) is 18.0 Å². The molecule has 1 aromatic heterocycles. The van der Waals surface area contributed by atoms with Crippen molar-refractivity contribution in [3.05, 3.63) is 27.9 Å². The Hall–Kier alpha value is -1.69. The van der Waals surface area contributed by atoms with Gasteiger partial charge in [0.25, 0.3) is 5.69 Å². The molecule has 2 rings (SSSR count). The van der Waals surface area contributed by atoms with E-state index in [0.717, 1.165) is 37.3 Å². The van der Waals surface area contributed by atoms with Gasteiger partial charge in [-0.2, -0.15) is 0 Å². The smallest absolute Gasteiger partial charge is 0.287 e. The fourth-order valence-electron chi connectivity index (χ4n) is 2.78. The molecule has 1 aromatic rings. The Bertz CT molecular complexity index is 503. The predicted molar refractivity (Wildman–Crippen MR) is 76.9 cm³/mol. The highest BCUT2D eigenvalue weighted by Gasteiger charge is 2.31. The number of pyridine rings is 1. The van der Waals surface area contributed by atoms with Crippen LogP contribution in [0.5, 0.6) is 0 Å². The van der Waals surface area contributed by atoms with Gasteiger partial charge in [0.05, 0.1) is 10.5 Å². The van der Waals surface area contributed by atoms with Gasteiger partial charge in [0.1, 0.15) is 12.0 Å². The van der Waals surface area contributed by atoms with Crippen LogP contribution in [0.15, 0.2) is 12.3 Å². The molecule has 6 heteroatoms. The molecule has 1 aliphatic rings. The number of piperidine rings is 1. The first-order valence-electron chi connectivity index (χ1n) is 6.87. The largest absolute Gasteiger partial charge is 0.390 e. The van der Waals surface area contributed by atoms with Gasteiger partial charge in [-0.3, -0.25) is 10.1 Å². The molecule has 0 unspecified atom stereocenters. The number of aromatic nitrogens is 1. The van der Waals surface area contributed by atoms with Gasteiger partial charge in [-0.05, 0) is 45.1 Å². The lowest BCUT2D eigenvalue weighted by Crippen LogP contribution is -2.42. The van der Waals surface area contributed by atoms with E-state index < -0.39 is 10.5 Å². The zero-order chi connectivity index (χ0) is 14.9. The van der Waals surface area contributed by atoms with Crippen LogP contribution in [0.25, 0.3) is 0 Å².